The molecule has 2 amide bonds. The summed E-state index contributed by atoms with van der Waals surface area (Å²) in [5.74, 6) is -0.829. The Morgan fingerprint density at radius 2 is 1.90 bits per heavy atom. The van der Waals surface area contributed by atoms with Crippen LogP contribution >= 0.6 is 0 Å². The summed E-state index contributed by atoms with van der Waals surface area (Å²) in [7, 11) is 0. The van der Waals surface area contributed by atoms with Gasteiger partial charge in [0.2, 0.25) is 0 Å². The number of hydrogen-bond acceptors (Lipinski definition) is 2. The fraction of sp³-hybridized carbons (Fsp3) is 0.867. The molecule has 0 unspecified atom stereocenters. The van der Waals surface area contributed by atoms with Gasteiger partial charge in [0, 0.05) is 25.0 Å². The molecule has 0 aromatic heterocycles. The van der Waals surface area contributed by atoms with Gasteiger partial charge in [-0.1, -0.05) is 13.8 Å². The molecule has 5 heteroatoms. The van der Waals surface area contributed by atoms with Crippen LogP contribution in [0, 0.1) is 5.41 Å². The van der Waals surface area contributed by atoms with Crippen molar-refractivity contribution in [1.29, 1.82) is 0 Å². The van der Waals surface area contributed by atoms with E-state index < -0.39 is 11.5 Å². The van der Waals surface area contributed by atoms with Gasteiger partial charge in [0.25, 0.3) is 0 Å². The second kappa shape index (κ2) is 6.46. The van der Waals surface area contributed by atoms with Gasteiger partial charge in [-0.15, -0.1) is 0 Å². The minimum absolute atomic E-state index is 0.0656. The summed E-state index contributed by atoms with van der Waals surface area (Å²) in [6, 6.07) is -0.0656. The number of rotatable bonds is 6. The van der Waals surface area contributed by atoms with Crippen molar-refractivity contribution in [1.82, 2.24) is 10.2 Å². The maximum Gasteiger partial charge on any atom is 0.317 e. The number of carbonyl (C=O) groups is 2. The van der Waals surface area contributed by atoms with E-state index in [2.05, 4.69) is 19.2 Å². The van der Waals surface area contributed by atoms with E-state index in [1.54, 1.807) is 0 Å². The third-order valence-corrected chi connectivity index (χ3v) is 4.63. The molecular formula is C15H28N2O3. The Kier molecular flexibility index (Phi) is 5.42. The van der Waals surface area contributed by atoms with Gasteiger partial charge in [-0.05, 0) is 44.9 Å². The van der Waals surface area contributed by atoms with Crippen molar-refractivity contribution in [3.05, 3.63) is 0 Å². The number of nitrogens with one attached hydrogen (secondary N) is 1. The molecule has 2 N–H and O–H groups in total. The van der Waals surface area contributed by atoms with E-state index in [4.69, 9.17) is 5.11 Å². The number of amides is 2. The predicted molar refractivity (Wildman–Crippen MR) is 78.7 cm³/mol. The smallest absolute Gasteiger partial charge is 0.317 e. The fourth-order valence-corrected chi connectivity index (χ4v) is 2.79. The Balaban J connectivity index is 2.53. The summed E-state index contributed by atoms with van der Waals surface area (Å²) in [5.41, 5.74) is -0.221. The molecule has 1 aliphatic rings. The predicted octanol–water partition coefficient (Wildman–Crippen LogP) is 2.85. The summed E-state index contributed by atoms with van der Waals surface area (Å²) in [4.78, 5) is 24.8. The van der Waals surface area contributed by atoms with Crippen molar-refractivity contribution in [2.75, 3.05) is 13.1 Å². The average Bonchev–Trinajstić information content (AvgIpc) is 2.81. The van der Waals surface area contributed by atoms with Crippen molar-refractivity contribution >= 4 is 12.0 Å². The summed E-state index contributed by atoms with van der Waals surface area (Å²) in [6.45, 7) is 9.71. The van der Waals surface area contributed by atoms with Crippen molar-refractivity contribution in [2.45, 2.75) is 65.3 Å². The van der Waals surface area contributed by atoms with E-state index in [0.29, 0.717) is 6.42 Å². The molecule has 0 spiro atoms. The van der Waals surface area contributed by atoms with Crippen LogP contribution in [0.2, 0.25) is 0 Å². The van der Waals surface area contributed by atoms with E-state index >= 15 is 0 Å². The monoisotopic (exact) mass is 284 g/mol. The Bertz CT molecular complexity index is 362. The van der Waals surface area contributed by atoms with Gasteiger partial charge in [0.15, 0.2) is 0 Å². The van der Waals surface area contributed by atoms with Crippen LogP contribution in [-0.4, -0.2) is 40.6 Å². The van der Waals surface area contributed by atoms with Crippen LogP contribution in [0.3, 0.4) is 0 Å². The highest BCUT2D eigenvalue weighted by Crippen LogP contribution is 2.37. The van der Waals surface area contributed by atoms with Gasteiger partial charge >= 0.3 is 12.0 Å². The van der Waals surface area contributed by atoms with Crippen LogP contribution < -0.4 is 5.32 Å². The first-order chi connectivity index (χ1) is 9.23. The maximum atomic E-state index is 12.3. The van der Waals surface area contributed by atoms with Crippen LogP contribution in [0.4, 0.5) is 4.79 Å². The molecular weight excluding hydrogens is 256 g/mol. The van der Waals surface area contributed by atoms with Gasteiger partial charge in [-0.25, -0.2) is 4.79 Å². The van der Waals surface area contributed by atoms with Crippen LogP contribution in [0.5, 0.6) is 0 Å². The van der Waals surface area contributed by atoms with E-state index in [1.165, 1.54) is 0 Å². The van der Waals surface area contributed by atoms with Crippen LogP contribution in [0.25, 0.3) is 0 Å². The third kappa shape index (κ3) is 4.39. The maximum absolute atomic E-state index is 12.3. The number of aliphatic carboxylic acids is 1. The normalized spacial score (nSPS) is 18.1. The van der Waals surface area contributed by atoms with Gasteiger partial charge < -0.3 is 15.3 Å². The second-order valence-electron chi connectivity index (χ2n) is 6.59. The molecule has 0 aromatic rings. The zero-order valence-electron chi connectivity index (χ0n) is 13.2. The zero-order chi connectivity index (χ0) is 15.4. The van der Waals surface area contributed by atoms with E-state index in [1.807, 2.05) is 18.7 Å². The van der Waals surface area contributed by atoms with Crippen molar-refractivity contribution < 1.29 is 14.7 Å². The lowest BCUT2D eigenvalue weighted by atomic mass is 9.82. The van der Waals surface area contributed by atoms with E-state index in [-0.39, 0.29) is 17.9 Å². The molecule has 0 radical (unpaired) electrons. The van der Waals surface area contributed by atoms with Crippen LogP contribution in [0.15, 0.2) is 0 Å². The molecule has 0 aliphatic carbocycles. The van der Waals surface area contributed by atoms with E-state index in [0.717, 1.165) is 32.4 Å². The van der Waals surface area contributed by atoms with E-state index in [9.17, 15) is 9.59 Å². The number of likely N-dealkylation sites (tertiary alicyclic amines) is 1. The first-order valence-electron chi connectivity index (χ1n) is 7.52. The Hall–Kier alpha value is -1.26. The summed E-state index contributed by atoms with van der Waals surface area (Å²) in [6.07, 6.45) is 3.75. The fourth-order valence-electron chi connectivity index (χ4n) is 2.79. The topological polar surface area (TPSA) is 69.6 Å². The molecule has 0 saturated carbocycles. The highest BCUT2D eigenvalue weighted by molar-refractivity contribution is 5.75. The first kappa shape index (κ1) is 16.8. The molecule has 0 aromatic carbocycles. The summed E-state index contributed by atoms with van der Waals surface area (Å²) in [5, 5.41) is 11.7. The van der Waals surface area contributed by atoms with Crippen LogP contribution in [0.1, 0.15) is 59.8 Å². The highest BCUT2D eigenvalue weighted by atomic mass is 16.4. The molecule has 1 aliphatic heterocycles. The summed E-state index contributed by atoms with van der Waals surface area (Å²) >= 11 is 0. The number of carboxylic acid groups (broad SMARTS) is 1. The SMILES string of the molecule is CCC1(CC)CCN(C(=O)NC(C)(C)CCC(=O)O)C1. The second-order valence-corrected chi connectivity index (χ2v) is 6.59. The lowest BCUT2D eigenvalue weighted by molar-refractivity contribution is -0.137. The van der Waals surface area contributed by atoms with Gasteiger partial charge in [0.1, 0.15) is 0 Å². The minimum atomic E-state index is -0.829. The quantitative estimate of drug-likeness (QED) is 0.788. The molecule has 20 heavy (non-hydrogen) atoms. The Labute approximate surface area is 121 Å². The Morgan fingerprint density at radius 1 is 1.30 bits per heavy atom. The van der Waals surface area contributed by atoms with Crippen molar-refractivity contribution in [3.8, 4) is 0 Å². The molecule has 0 bridgehead atoms. The average molecular weight is 284 g/mol. The van der Waals surface area contributed by atoms with Crippen molar-refractivity contribution in [2.24, 2.45) is 5.41 Å². The Morgan fingerprint density at radius 3 is 2.35 bits per heavy atom. The number of urea groups is 1. The van der Waals surface area contributed by atoms with Gasteiger partial charge in [-0.3, -0.25) is 4.79 Å². The number of carboxylic acids is 1. The molecule has 5 nitrogen and oxygen atoms in total. The largest absolute Gasteiger partial charge is 0.481 e. The van der Waals surface area contributed by atoms with Crippen molar-refractivity contribution in [3.63, 3.8) is 0 Å². The minimum Gasteiger partial charge on any atom is -0.481 e. The number of hydrogen-bond donors (Lipinski definition) is 2. The first-order valence-corrected chi connectivity index (χ1v) is 7.52. The third-order valence-electron chi connectivity index (χ3n) is 4.63. The molecule has 1 heterocycles. The lowest BCUT2D eigenvalue weighted by Crippen LogP contribution is -2.50. The molecule has 1 rings (SSSR count). The molecule has 0 atom stereocenters. The number of nitrogens with zero attached hydrogens (tertiary/aromatic N) is 1. The van der Waals surface area contributed by atoms with Gasteiger partial charge in [-0.2, -0.15) is 0 Å². The standard InChI is InChI=1S/C15H28N2O3/c1-5-15(6-2)9-10-17(11-15)13(20)16-14(3,4)8-7-12(18)19/h5-11H2,1-4H3,(H,16,20)(H,18,19). The zero-order valence-corrected chi connectivity index (χ0v) is 13.2. The van der Waals surface area contributed by atoms with Gasteiger partial charge in [0.05, 0.1) is 0 Å². The number of carbonyl (C=O) groups excluding carboxylic acids is 1. The molecule has 116 valence electrons. The summed E-state index contributed by atoms with van der Waals surface area (Å²) < 4.78 is 0. The molecule has 1 saturated heterocycles. The molecule has 1 fully saturated rings. The van der Waals surface area contributed by atoms with Crippen LogP contribution in [-0.2, 0) is 4.79 Å². The lowest BCUT2D eigenvalue weighted by Gasteiger charge is -2.30. The highest BCUT2D eigenvalue weighted by Gasteiger charge is 2.38.